The van der Waals surface area contributed by atoms with E-state index in [2.05, 4.69) is 31.9 Å². The highest BCUT2D eigenvalue weighted by molar-refractivity contribution is 8.93. The molecule has 0 spiro atoms. The molecular formula is C14H15BrN. The van der Waals surface area contributed by atoms with Crippen LogP contribution >= 0.6 is 17.0 Å². The zero-order chi connectivity index (χ0) is 10.9. The minimum Gasteiger partial charge on any atom is -0.273 e. The van der Waals surface area contributed by atoms with E-state index in [-0.39, 0.29) is 22.5 Å². The summed E-state index contributed by atoms with van der Waals surface area (Å²) < 4.78 is 0. The van der Waals surface area contributed by atoms with E-state index in [0.717, 1.165) is 5.69 Å². The quantitative estimate of drug-likeness (QED) is 0.695. The first-order chi connectivity index (χ1) is 7.14. The molecule has 1 unspecified atom stereocenters. The van der Waals surface area contributed by atoms with Crippen LogP contribution in [0.25, 0.3) is 5.57 Å². The van der Waals surface area contributed by atoms with Crippen molar-refractivity contribution in [2.75, 3.05) is 0 Å². The minimum absolute atomic E-state index is 0. The Morgan fingerprint density at radius 1 is 1.38 bits per heavy atom. The summed E-state index contributed by atoms with van der Waals surface area (Å²) in [5, 5.41) is 4.70. The van der Waals surface area contributed by atoms with Crippen LogP contribution in [0.1, 0.15) is 25.8 Å². The van der Waals surface area contributed by atoms with Crippen molar-refractivity contribution in [3.05, 3.63) is 35.9 Å². The van der Waals surface area contributed by atoms with E-state index in [1.165, 1.54) is 11.1 Å². The summed E-state index contributed by atoms with van der Waals surface area (Å²) in [7, 11) is 0. The second-order valence-corrected chi connectivity index (χ2v) is 4.19. The van der Waals surface area contributed by atoms with Gasteiger partial charge in [0.25, 0.3) is 0 Å². The smallest absolute Gasteiger partial charge is 0.0881 e. The van der Waals surface area contributed by atoms with Gasteiger partial charge in [0.15, 0.2) is 0 Å². The SMILES string of the molecule is Br.C#CCC1(C)C=C(C)c2ccccc2[N]1. The van der Waals surface area contributed by atoms with E-state index in [9.17, 15) is 0 Å². The van der Waals surface area contributed by atoms with E-state index in [1.807, 2.05) is 18.2 Å². The Morgan fingerprint density at radius 2 is 2.06 bits per heavy atom. The number of rotatable bonds is 1. The Hall–Kier alpha value is -1.20. The minimum atomic E-state index is -0.229. The van der Waals surface area contributed by atoms with Gasteiger partial charge in [0, 0.05) is 12.0 Å². The van der Waals surface area contributed by atoms with E-state index >= 15 is 0 Å². The Labute approximate surface area is 108 Å². The fourth-order valence-electron chi connectivity index (χ4n) is 2.05. The molecule has 0 N–H and O–H groups in total. The third kappa shape index (κ3) is 2.31. The maximum absolute atomic E-state index is 5.37. The third-order valence-corrected chi connectivity index (χ3v) is 2.69. The standard InChI is InChI=1S/C14H14N.BrH/c1-4-9-14(3)10-11(2)12-7-5-6-8-13(12)15-14;/h1,5-8,10H,9H2,2-3H3;1H. The number of allylic oxidation sites excluding steroid dienone is 1. The largest absolute Gasteiger partial charge is 0.273 e. The lowest BCUT2D eigenvalue weighted by molar-refractivity contribution is 0.506. The van der Waals surface area contributed by atoms with E-state index in [1.54, 1.807) is 0 Å². The van der Waals surface area contributed by atoms with Crippen molar-refractivity contribution in [3.63, 3.8) is 0 Å². The van der Waals surface area contributed by atoms with Crippen LogP contribution in [-0.2, 0) is 0 Å². The molecule has 2 rings (SSSR count). The van der Waals surface area contributed by atoms with Gasteiger partial charge in [0.2, 0.25) is 0 Å². The van der Waals surface area contributed by atoms with Gasteiger partial charge in [-0.05, 0) is 25.5 Å². The molecule has 0 aromatic heterocycles. The molecule has 1 aliphatic heterocycles. The molecule has 0 aliphatic carbocycles. The molecule has 1 nitrogen and oxygen atoms in total. The normalized spacial score (nSPS) is 21.9. The summed E-state index contributed by atoms with van der Waals surface area (Å²) in [4.78, 5) is 0. The van der Waals surface area contributed by atoms with Crippen LogP contribution < -0.4 is 5.32 Å². The summed E-state index contributed by atoms with van der Waals surface area (Å²) in [6, 6.07) is 8.19. The highest BCUT2D eigenvalue weighted by atomic mass is 79.9. The highest BCUT2D eigenvalue weighted by Crippen LogP contribution is 2.34. The molecule has 2 heteroatoms. The summed E-state index contributed by atoms with van der Waals surface area (Å²) in [6.07, 6.45) is 8.18. The molecule has 0 amide bonds. The lowest BCUT2D eigenvalue weighted by Crippen LogP contribution is -2.33. The van der Waals surface area contributed by atoms with Crippen LogP contribution in [0, 0.1) is 12.3 Å². The number of halogens is 1. The van der Waals surface area contributed by atoms with Crippen molar-refractivity contribution < 1.29 is 0 Å². The van der Waals surface area contributed by atoms with Crippen LogP contribution in [0.15, 0.2) is 30.3 Å². The molecule has 0 bridgehead atoms. The van der Waals surface area contributed by atoms with Crippen LogP contribution in [0.3, 0.4) is 0 Å². The van der Waals surface area contributed by atoms with Gasteiger partial charge in [0.1, 0.15) is 0 Å². The fraction of sp³-hybridized carbons (Fsp3) is 0.286. The highest BCUT2D eigenvalue weighted by Gasteiger charge is 2.27. The summed E-state index contributed by atoms with van der Waals surface area (Å²) >= 11 is 0. The van der Waals surface area contributed by atoms with E-state index in [0.29, 0.717) is 6.42 Å². The zero-order valence-electron chi connectivity index (χ0n) is 9.53. The Bertz CT molecular complexity index is 456. The second kappa shape index (κ2) is 4.76. The number of terminal acetylenes is 1. The predicted octanol–water partition coefficient (Wildman–Crippen LogP) is 3.70. The first-order valence-corrected chi connectivity index (χ1v) is 5.10. The van der Waals surface area contributed by atoms with E-state index in [4.69, 9.17) is 11.7 Å². The Balaban J connectivity index is 0.00000128. The second-order valence-electron chi connectivity index (χ2n) is 4.19. The van der Waals surface area contributed by atoms with Gasteiger partial charge >= 0.3 is 0 Å². The van der Waals surface area contributed by atoms with Gasteiger partial charge in [-0.3, -0.25) is 5.32 Å². The zero-order valence-corrected chi connectivity index (χ0v) is 11.2. The molecule has 0 fully saturated rings. The molecule has 1 aliphatic rings. The van der Waals surface area contributed by atoms with Crippen LogP contribution in [0.4, 0.5) is 5.69 Å². The van der Waals surface area contributed by atoms with Gasteiger partial charge in [0.05, 0.1) is 11.2 Å². The molecule has 1 atom stereocenters. The Morgan fingerprint density at radius 3 is 2.75 bits per heavy atom. The molecule has 1 radical (unpaired) electrons. The molecule has 0 saturated heterocycles. The number of fused-ring (bicyclic) bond motifs is 1. The van der Waals surface area contributed by atoms with Crippen LogP contribution in [0.5, 0.6) is 0 Å². The topological polar surface area (TPSA) is 14.1 Å². The lowest BCUT2D eigenvalue weighted by Gasteiger charge is -2.30. The fourth-order valence-corrected chi connectivity index (χ4v) is 2.05. The number of hydrogen-bond acceptors (Lipinski definition) is 0. The van der Waals surface area contributed by atoms with Crippen molar-refractivity contribution in [2.45, 2.75) is 25.8 Å². The van der Waals surface area contributed by atoms with Crippen molar-refractivity contribution >= 4 is 28.2 Å². The van der Waals surface area contributed by atoms with Crippen molar-refractivity contribution in [1.82, 2.24) is 5.32 Å². The first kappa shape index (κ1) is 12.9. The lowest BCUT2D eigenvalue weighted by atomic mass is 9.88. The van der Waals surface area contributed by atoms with Crippen molar-refractivity contribution in [2.24, 2.45) is 0 Å². The number of para-hydroxylation sites is 1. The monoisotopic (exact) mass is 276 g/mol. The van der Waals surface area contributed by atoms with Crippen molar-refractivity contribution in [3.8, 4) is 12.3 Å². The van der Waals surface area contributed by atoms with Gasteiger partial charge < -0.3 is 0 Å². The van der Waals surface area contributed by atoms with Gasteiger partial charge in [-0.25, -0.2) is 0 Å². The number of benzene rings is 1. The van der Waals surface area contributed by atoms with Crippen LogP contribution in [-0.4, -0.2) is 5.54 Å². The molecule has 0 saturated carbocycles. The molecule has 16 heavy (non-hydrogen) atoms. The Kier molecular flexibility index (Phi) is 3.83. The van der Waals surface area contributed by atoms with Gasteiger partial charge in [-0.1, -0.05) is 24.3 Å². The van der Waals surface area contributed by atoms with Crippen molar-refractivity contribution in [1.29, 1.82) is 0 Å². The van der Waals surface area contributed by atoms with E-state index < -0.39 is 0 Å². The average molecular weight is 277 g/mol. The average Bonchev–Trinajstić information content (AvgIpc) is 2.17. The maximum atomic E-state index is 5.37. The molecule has 83 valence electrons. The molecular weight excluding hydrogens is 262 g/mol. The predicted molar refractivity (Wildman–Crippen MR) is 74.1 cm³/mol. The third-order valence-electron chi connectivity index (χ3n) is 2.69. The maximum Gasteiger partial charge on any atom is 0.0881 e. The summed E-state index contributed by atoms with van der Waals surface area (Å²) in [5.74, 6) is 2.69. The summed E-state index contributed by atoms with van der Waals surface area (Å²) in [6.45, 7) is 4.19. The molecule has 1 aromatic carbocycles. The van der Waals surface area contributed by atoms with Gasteiger partial charge in [-0.15, -0.1) is 29.3 Å². The van der Waals surface area contributed by atoms with Crippen LogP contribution in [0.2, 0.25) is 0 Å². The number of hydrogen-bond donors (Lipinski definition) is 0. The molecule has 1 aromatic rings. The summed E-state index contributed by atoms with van der Waals surface area (Å²) in [5.41, 5.74) is 3.30. The number of nitrogens with zero attached hydrogens (tertiary/aromatic N) is 1. The van der Waals surface area contributed by atoms with Gasteiger partial charge in [-0.2, -0.15) is 0 Å². The first-order valence-electron chi connectivity index (χ1n) is 5.10. The molecule has 1 heterocycles.